The molecule has 156 valence electrons. The fraction of sp³-hybridized carbons (Fsp3) is 0.375. The fourth-order valence-electron chi connectivity index (χ4n) is 3.81. The summed E-state index contributed by atoms with van der Waals surface area (Å²) in [5.74, 6) is 0.418. The smallest absolute Gasteiger partial charge is 0.307 e. The molecule has 1 heterocycles. The summed E-state index contributed by atoms with van der Waals surface area (Å²) in [6, 6.07) is 14.7. The van der Waals surface area contributed by atoms with E-state index in [1.165, 1.54) is 0 Å². The van der Waals surface area contributed by atoms with E-state index in [1.54, 1.807) is 22.8 Å². The molecule has 1 fully saturated rings. The van der Waals surface area contributed by atoms with Crippen LogP contribution in [0.5, 0.6) is 0 Å². The number of hydrogen-bond donors (Lipinski definition) is 0. The number of para-hydroxylation sites is 1. The quantitative estimate of drug-likeness (QED) is 0.524. The van der Waals surface area contributed by atoms with Crippen LogP contribution in [-0.4, -0.2) is 21.1 Å². The van der Waals surface area contributed by atoms with Crippen LogP contribution in [0.4, 0.5) is 0 Å². The predicted octanol–water partition coefficient (Wildman–Crippen LogP) is 5.26. The van der Waals surface area contributed by atoms with Crippen molar-refractivity contribution in [3.8, 4) is 5.69 Å². The highest BCUT2D eigenvalue weighted by Gasteiger charge is 2.38. The molecule has 1 aromatic heterocycles. The topological polar surface area (TPSA) is 61.2 Å². The Hall–Kier alpha value is -2.66. The summed E-state index contributed by atoms with van der Waals surface area (Å²) in [4.78, 5) is 31.1. The standard InChI is InChI=1S/C24H25ClN2O3/c1-24(2,3)30-20(28)14-17(15-12-13-15)22-26-19-11-7-10-18(25)21(19)23(29)27(22)16-8-5-4-6-9-16/h4-11,15,17H,12-14H2,1-3H3/t17-/m0/s1. The Morgan fingerprint density at radius 3 is 2.50 bits per heavy atom. The van der Waals surface area contributed by atoms with Crippen LogP contribution in [0.1, 0.15) is 51.8 Å². The average molecular weight is 425 g/mol. The number of nitrogens with zero attached hydrogens (tertiary/aromatic N) is 2. The van der Waals surface area contributed by atoms with Gasteiger partial charge in [-0.3, -0.25) is 14.2 Å². The lowest BCUT2D eigenvalue weighted by Crippen LogP contribution is -2.29. The van der Waals surface area contributed by atoms with Gasteiger partial charge in [0.05, 0.1) is 28.0 Å². The number of hydrogen-bond acceptors (Lipinski definition) is 4. The van der Waals surface area contributed by atoms with Crippen molar-refractivity contribution in [2.45, 2.75) is 51.6 Å². The number of ether oxygens (including phenoxy) is 1. The summed E-state index contributed by atoms with van der Waals surface area (Å²) in [7, 11) is 0. The van der Waals surface area contributed by atoms with Gasteiger partial charge in [-0.25, -0.2) is 4.98 Å². The van der Waals surface area contributed by atoms with Gasteiger partial charge in [-0.15, -0.1) is 0 Å². The average Bonchev–Trinajstić information content (AvgIpc) is 3.50. The van der Waals surface area contributed by atoms with E-state index >= 15 is 0 Å². The maximum absolute atomic E-state index is 13.6. The summed E-state index contributed by atoms with van der Waals surface area (Å²) >= 11 is 6.36. The fourth-order valence-corrected chi connectivity index (χ4v) is 4.06. The highest BCUT2D eigenvalue weighted by atomic mass is 35.5. The maximum atomic E-state index is 13.6. The molecule has 0 N–H and O–H groups in total. The Labute approximate surface area is 180 Å². The van der Waals surface area contributed by atoms with Gasteiger partial charge in [-0.05, 0) is 63.8 Å². The van der Waals surface area contributed by atoms with Gasteiger partial charge in [0.1, 0.15) is 11.4 Å². The van der Waals surface area contributed by atoms with Gasteiger partial charge in [-0.1, -0.05) is 35.9 Å². The molecule has 6 heteroatoms. The van der Waals surface area contributed by atoms with Gasteiger partial charge in [-0.2, -0.15) is 0 Å². The molecule has 0 unspecified atom stereocenters. The van der Waals surface area contributed by atoms with Crippen LogP contribution in [0.2, 0.25) is 5.02 Å². The zero-order chi connectivity index (χ0) is 21.5. The van der Waals surface area contributed by atoms with Gasteiger partial charge in [0, 0.05) is 5.92 Å². The predicted molar refractivity (Wildman–Crippen MR) is 118 cm³/mol. The molecule has 1 aliphatic carbocycles. The Bertz CT molecular complexity index is 1140. The molecule has 30 heavy (non-hydrogen) atoms. The molecule has 1 aliphatic rings. The Morgan fingerprint density at radius 1 is 1.17 bits per heavy atom. The minimum Gasteiger partial charge on any atom is -0.460 e. The molecule has 0 spiro atoms. The van der Waals surface area contributed by atoms with Crippen LogP contribution in [0, 0.1) is 5.92 Å². The van der Waals surface area contributed by atoms with Crippen LogP contribution in [0.3, 0.4) is 0 Å². The van der Waals surface area contributed by atoms with Crippen molar-refractivity contribution in [1.29, 1.82) is 0 Å². The number of benzene rings is 2. The third-order valence-electron chi connectivity index (χ3n) is 5.22. The molecule has 0 amide bonds. The van der Waals surface area contributed by atoms with Crippen molar-refractivity contribution in [3.63, 3.8) is 0 Å². The van der Waals surface area contributed by atoms with Gasteiger partial charge < -0.3 is 4.74 Å². The van der Waals surface area contributed by atoms with Crippen molar-refractivity contribution < 1.29 is 9.53 Å². The van der Waals surface area contributed by atoms with Crippen molar-refractivity contribution in [3.05, 3.63) is 69.7 Å². The number of esters is 1. The monoisotopic (exact) mass is 424 g/mol. The van der Waals surface area contributed by atoms with E-state index in [1.807, 2.05) is 51.1 Å². The summed E-state index contributed by atoms with van der Waals surface area (Å²) in [6.45, 7) is 5.56. The summed E-state index contributed by atoms with van der Waals surface area (Å²) in [5, 5.41) is 0.759. The molecule has 0 radical (unpaired) electrons. The third-order valence-corrected chi connectivity index (χ3v) is 5.53. The molecule has 3 aromatic rings. The zero-order valence-electron chi connectivity index (χ0n) is 17.4. The van der Waals surface area contributed by atoms with Crippen LogP contribution in [-0.2, 0) is 9.53 Å². The van der Waals surface area contributed by atoms with E-state index in [0.717, 1.165) is 12.8 Å². The van der Waals surface area contributed by atoms with E-state index in [-0.39, 0.29) is 23.9 Å². The number of rotatable bonds is 5. The molecule has 5 nitrogen and oxygen atoms in total. The van der Waals surface area contributed by atoms with E-state index in [4.69, 9.17) is 21.3 Å². The number of halogens is 1. The second kappa shape index (κ2) is 7.88. The molecule has 0 aliphatic heterocycles. The number of carbonyl (C=O) groups excluding carboxylic acids is 1. The van der Waals surface area contributed by atoms with E-state index in [9.17, 15) is 9.59 Å². The normalized spacial score (nSPS) is 15.2. The first-order valence-electron chi connectivity index (χ1n) is 10.2. The minimum absolute atomic E-state index is 0.188. The molecule has 1 atom stereocenters. The summed E-state index contributed by atoms with van der Waals surface area (Å²) in [6.07, 6.45) is 2.20. The zero-order valence-corrected chi connectivity index (χ0v) is 18.1. The second-order valence-electron chi connectivity index (χ2n) is 8.81. The van der Waals surface area contributed by atoms with Gasteiger partial charge >= 0.3 is 5.97 Å². The third kappa shape index (κ3) is 4.26. The molecular formula is C24H25ClN2O3. The van der Waals surface area contributed by atoms with Crippen molar-refractivity contribution >= 4 is 28.5 Å². The maximum Gasteiger partial charge on any atom is 0.307 e. The van der Waals surface area contributed by atoms with Crippen molar-refractivity contribution in [2.75, 3.05) is 0 Å². The first-order chi connectivity index (χ1) is 14.2. The lowest BCUT2D eigenvalue weighted by molar-refractivity contribution is -0.155. The molecular weight excluding hydrogens is 400 g/mol. The van der Waals surface area contributed by atoms with Crippen molar-refractivity contribution in [1.82, 2.24) is 9.55 Å². The van der Waals surface area contributed by atoms with Gasteiger partial charge in [0.15, 0.2) is 0 Å². The molecule has 2 aromatic carbocycles. The Kier molecular flexibility index (Phi) is 5.41. The van der Waals surface area contributed by atoms with Crippen LogP contribution in [0.15, 0.2) is 53.3 Å². The molecule has 0 saturated heterocycles. The number of carbonyl (C=O) groups is 1. The van der Waals surface area contributed by atoms with Gasteiger partial charge in [0.25, 0.3) is 5.56 Å². The lowest BCUT2D eigenvalue weighted by Gasteiger charge is -2.24. The molecule has 0 bridgehead atoms. The highest BCUT2D eigenvalue weighted by Crippen LogP contribution is 2.44. The number of fused-ring (bicyclic) bond motifs is 1. The highest BCUT2D eigenvalue weighted by molar-refractivity contribution is 6.35. The SMILES string of the molecule is CC(C)(C)OC(=O)C[C@H](c1nc2cccc(Cl)c2c(=O)n1-c1ccccc1)C1CC1. The van der Waals surface area contributed by atoms with Gasteiger partial charge in [0.2, 0.25) is 0 Å². The van der Waals surface area contributed by atoms with Crippen molar-refractivity contribution in [2.24, 2.45) is 5.92 Å². The lowest BCUT2D eigenvalue weighted by atomic mass is 9.97. The summed E-state index contributed by atoms with van der Waals surface area (Å²) < 4.78 is 7.19. The minimum atomic E-state index is -0.561. The Morgan fingerprint density at radius 2 is 1.87 bits per heavy atom. The van der Waals surface area contributed by atoms with E-state index < -0.39 is 5.60 Å². The van der Waals surface area contributed by atoms with Crippen LogP contribution in [0.25, 0.3) is 16.6 Å². The first-order valence-corrected chi connectivity index (χ1v) is 10.6. The first kappa shape index (κ1) is 20.6. The summed E-state index contributed by atoms with van der Waals surface area (Å²) in [5.41, 5.74) is 0.474. The van der Waals surface area contributed by atoms with Crippen LogP contribution < -0.4 is 5.56 Å². The number of aromatic nitrogens is 2. The Balaban J connectivity index is 1.90. The molecule has 4 rings (SSSR count). The second-order valence-corrected chi connectivity index (χ2v) is 9.22. The van der Waals surface area contributed by atoms with Crippen LogP contribution >= 0.6 is 11.6 Å². The van der Waals surface area contributed by atoms with E-state index in [0.29, 0.717) is 33.4 Å². The van der Waals surface area contributed by atoms with E-state index in [2.05, 4.69) is 0 Å². The largest absolute Gasteiger partial charge is 0.460 e. The molecule has 1 saturated carbocycles.